The van der Waals surface area contributed by atoms with Crippen LogP contribution in [-0.2, 0) is 28.0 Å². The lowest BCUT2D eigenvalue weighted by atomic mass is 9.55. The summed E-state index contributed by atoms with van der Waals surface area (Å²) in [6, 6.07) is 16.8. The Bertz CT molecular complexity index is 814. The fourth-order valence-corrected chi connectivity index (χ4v) is 5.25. The highest BCUT2D eigenvalue weighted by Crippen LogP contribution is 2.53. The maximum Gasteiger partial charge on any atom is 0.308 e. The summed E-state index contributed by atoms with van der Waals surface area (Å²) in [6.45, 7) is 2.91. The van der Waals surface area contributed by atoms with Gasteiger partial charge in [0.25, 0.3) is 0 Å². The van der Waals surface area contributed by atoms with Gasteiger partial charge in [-0.25, -0.2) is 0 Å². The Morgan fingerprint density at radius 2 is 1.96 bits per heavy atom. The van der Waals surface area contributed by atoms with Gasteiger partial charge in [-0.1, -0.05) is 49.7 Å². The second-order valence-corrected chi connectivity index (χ2v) is 8.18. The predicted molar refractivity (Wildman–Crippen MR) is 106 cm³/mol. The van der Waals surface area contributed by atoms with E-state index in [-0.39, 0.29) is 17.3 Å². The summed E-state index contributed by atoms with van der Waals surface area (Å²) >= 11 is 0. The normalized spacial score (nSPS) is 26.6. The van der Waals surface area contributed by atoms with Crippen molar-refractivity contribution in [2.75, 3.05) is 7.11 Å². The number of ether oxygens (including phenoxy) is 2. The average molecular weight is 364 g/mol. The lowest BCUT2D eigenvalue weighted by Gasteiger charge is -2.49. The molecule has 0 aliphatic heterocycles. The van der Waals surface area contributed by atoms with E-state index in [1.165, 1.54) is 23.8 Å². The van der Waals surface area contributed by atoms with Crippen molar-refractivity contribution in [1.29, 1.82) is 0 Å². The fourth-order valence-electron chi connectivity index (χ4n) is 5.25. The zero-order valence-corrected chi connectivity index (χ0v) is 16.2. The molecule has 1 fully saturated rings. The molecular weight excluding hydrogens is 336 g/mol. The summed E-state index contributed by atoms with van der Waals surface area (Å²) in [7, 11) is 1.51. The van der Waals surface area contributed by atoms with Crippen molar-refractivity contribution >= 4 is 5.97 Å². The molecule has 0 N–H and O–H groups in total. The molecule has 0 heterocycles. The Labute approximate surface area is 161 Å². The minimum atomic E-state index is -0.0362. The smallest absolute Gasteiger partial charge is 0.308 e. The minimum Gasteiger partial charge on any atom is -0.489 e. The van der Waals surface area contributed by atoms with E-state index in [2.05, 4.69) is 37.3 Å². The quantitative estimate of drug-likeness (QED) is 0.712. The van der Waals surface area contributed by atoms with Gasteiger partial charge in [0.1, 0.15) is 12.4 Å². The molecule has 2 aromatic rings. The number of methoxy groups -OCH3 is 1. The molecular formula is C24H28O3. The molecule has 0 radical (unpaired) electrons. The molecule has 0 bridgehead atoms. The number of aryl methyl sites for hydroxylation is 1. The highest BCUT2D eigenvalue weighted by molar-refractivity contribution is 5.73. The number of hydrogen-bond donors (Lipinski definition) is 0. The summed E-state index contributed by atoms with van der Waals surface area (Å²) in [5, 5.41) is 0. The molecule has 3 heteroatoms. The topological polar surface area (TPSA) is 35.5 Å². The molecule has 0 saturated heterocycles. The molecule has 3 atom stereocenters. The molecule has 1 saturated carbocycles. The van der Waals surface area contributed by atoms with Crippen molar-refractivity contribution in [3.8, 4) is 5.75 Å². The molecule has 4 rings (SSSR count). The van der Waals surface area contributed by atoms with E-state index in [1.807, 2.05) is 18.2 Å². The van der Waals surface area contributed by atoms with E-state index in [4.69, 9.17) is 9.47 Å². The summed E-state index contributed by atoms with van der Waals surface area (Å²) < 4.78 is 11.2. The lowest BCUT2D eigenvalue weighted by molar-refractivity contribution is -0.150. The van der Waals surface area contributed by atoms with Crippen LogP contribution in [0, 0.1) is 11.8 Å². The standard InChI is InChI=1S/C24H28O3/c1-24-14-6-9-20(23(25)26-2)21(24)13-11-18-10-12-19(15-22(18)24)27-16-17-7-4-3-5-8-17/h3-5,7-8,10,12,15,20-21H,6,9,11,13-14,16H2,1-2H3/t20?,21-,24-/m0/s1. The Kier molecular flexibility index (Phi) is 4.94. The van der Waals surface area contributed by atoms with Gasteiger partial charge in [0.15, 0.2) is 0 Å². The minimum absolute atomic E-state index is 0.0239. The fraction of sp³-hybridized carbons (Fsp3) is 0.458. The van der Waals surface area contributed by atoms with Crippen molar-refractivity contribution < 1.29 is 14.3 Å². The summed E-state index contributed by atoms with van der Waals surface area (Å²) in [5.74, 6) is 1.26. The molecule has 1 unspecified atom stereocenters. The number of hydrogen-bond acceptors (Lipinski definition) is 3. The maximum atomic E-state index is 12.4. The third-order valence-electron chi connectivity index (χ3n) is 6.69. The number of esters is 1. The maximum absolute atomic E-state index is 12.4. The van der Waals surface area contributed by atoms with Gasteiger partial charge < -0.3 is 9.47 Å². The zero-order chi connectivity index (χ0) is 18.9. The SMILES string of the molecule is COC(=O)C1CCC[C@]2(C)c3cc(OCc4ccccc4)ccc3CC[C@@H]12. The number of benzene rings is 2. The van der Waals surface area contributed by atoms with Crippen LogP contribution < -0.4 is 4.74 Å². The molecule has 0 aromatic heterocycles. The van der Waals surface area contributed by atoms with E-state index in [0.29, 0.717) is 12.5 Å². The van der Waals surface area contributed by atoms with Gasteiger partial charge in [-0.05, 0) is 65.8 Å². The van der Waals surface area contributed by atoms with E-state index >= 15 is 0 Å². The van der Waals surface area contributed by atoms with Crippen LogP contribution in [0.5, 0.6) is 5.75 Å². The molecule has 3 nitrogen and oxygen atoms in total. The molecule has 2 aliphatic rings. The third-order valence-corrected chi connectivity index (χ3v) is 6.69. The van der Waals surface area contributed by atoms with Crippen LogP contribution in [0.2, 0.25) is 0 Å². The molecule has 142 valence electrons. The van der Waals surface area contributed by atoms with Gasteiger partial charge >= 0.3 is 5.97 Å². The van der Waals surface area contributed by atoms with Crippen molar-refractivity contribution in [3.63, 3.8) is 0 Å². The first-order chi connectivity index (χ1) is 13.1. The third kappa shape index (κ3) is 3.36. The van der Waals surface area contributed by atoms with Gasteiger partial charge in [0, 0.05) is 0 Å². The number of rotatable bonds is 4. The second kappa shape index (κ2) is 7.38. The van der Waals surface area contributed by atoms with Gasteiger partial charge in [0.2, 0.25) is 0 Å². The Morgan fingerprint density at radius 1 is 1.15 bits per heavy atom. The molecule has 0 spiro atoms. The van der Waals surface area contributed by atoms with Crippen molar-refractivity contribution in [3.05, 3.63) is 65.2 Å². The van der Waals surface area contributed by atoms with Crippen molar-refractivity contribution in [2.24, 2.45) is 11.8 Å². The number of fused-ring (bicyclic) bond motifs is 3. The first kappa shape index (κ1) is 18.1. The molecule has 0 amide bonds. The van der Waals surface area contributed by atoms with Crippen LogP contribution in [0.25, 0.3) is 0 Å². The van der Waals surface area contributed by atoms with Crippen LogP contribution in [0.15, 0.2) is 48.5 Å². The Hall–Kier alpha value is -2.29. The lowest BCUT2D eigenvalue weighted by Crippen LogP contribution is -2.46. The van der Waals surface area contributed by atoms with Gasteiger partial charge in [0.05, 0.1) is 13.0 Å². The summed E-state index contributed by atoms with van der Waals surface area (Å²) in [5.41, 5.74) is 3.98. The van der Waals surface area contributed by atoms with Crippen LogP contribution >= 0.6 is 0 Å². The van der Waals surface area contributed by atoms with Crippen LogP contribution in [0.3, 0.4) is 0 Å². The first-order valence-electron chi connectivity index (χ1n) is 10.00. The van der Waals surface area contributed by atoms with Crippen LogP contribution in [0.1, 0.15) is 49.3 Å². The summed E-state index contributed by atoms with van der Waals surface area (Å²) in [4.78, 5) is 12.4. The van der Waals surface area contributed by atoms with E-state index in [1.54, 1.807) is 0 Å². The average Bonchev–Trinajstić information content (AvgIpc) is 2.71. The largest absolute Gasteiger partial charge is 0.489 e. The second-order valence-electron chi connectivity index (χ2n) is 8.18. The summed E-state index contributed by atoms with van der Waals surface area (Å²) in [6.07, 6.45) is 5.24. The number of carbonyl (C=O) groups is 1. The predicted octanol–water partition coefficient (Wildman–Crippen LogP) is 5.06. The highest BCUT2D eigenvalue weighted by Gasteiger charge is 2.48. The van der Waals surface area contributed by atoms with E-state index < -0.39 is 0 Å². The van der Waals surface area contributed by atoms with E-state index in [9.17, 15) is 4.79 Å². The van der Waals surface area contributed by atoms with Crippen molar-refractivity contribution in [1.82, 2.24) is 0 Å². The van der Waals surface area contributed by atoms with Gasteiger partial charge in [-0.2, -0.15) is 0 Å². The molecule has 2 aromatic carbocycles. The van der Waals surface area contributed by atoms with Crippen molar-refractivity contribution in [2.45, 2.75) is 51.0 Å². The van der Waals surface area contributed by atoms with Crippen LogP contribution in [-0.4, -0.2) is 13.1 Å². The Morgan fingerprint density at radius 3 is 2.74 bits per heavy atom. The van der Waals surface area contributed by atoms with Gasteiger partial charge in [-0.15, -0.1) is 0 Å². The first-order valence-corrected chi connectivity index (χ1v) is 10.00. The zero-order valence-electron chi connectivity index (χ0n) is 16.2. The highest BCUT2D eigenvalue weighted by atomic mass is 16.5. The van der Waals surface area contributed by atoms with Crippen LogP contribution in [0.4, 0.5) is 0 Å². The Balaban J connectivity index is 1.60. The molecule has 2 aliphatic carbocycles. The van der Waals surface area contributed by atoms with E-state index in [0.717, 1.165) is 37.9 Å². The number of carbonyl (C=O) groups excluding carboxylic acids is 1. The monoisotopic (exact) mass is 364 g/mol. The van der Waals surface area contributed by atoms with Gasteiger partial charge in [-0.3, -0.25) is 4.79 Å². The molecule has 27 heavy (non-hydrogen) atoms.